The average molecular weight is 288 g/mol. The van der Waals surface area contributed by atoms with Crippen LogP contribution in [0.3, 0.4) is 0 Å². The summed E-state index contributed by atoms with van der Waals surface area (Å²) in [6.07, 6.45) is -0.464. The maximum Gasteiger partial charge on any atom is 0.184 e. The van der Waals surface area contributed by atoms with Crippen LogP contribution in [-0.2, 0) is 20.8 Å². The quantitative estimate of drug-likeness (QED) is 0.862. The molecule has 0 atom stereocenters. The summed E-state index contributed by atoms with van der Waals surface area (Å²) in [7, 11) is 0. The normalized spacial score (nSPS) is 22.1. The Morgan fingerprint density at radius 1 is 1.00 bits per heavy atom. The number of hydrogen-bond donors (Lipinski definition) is 0. The lowest BCUT2D eigenvalue weighted by Crippen LogP contribution is -2.33. The average Bonchev–Trinajstić information content (AvgIpc) is 2.54. The molecule has 1 aliphatic rings. The molecule has 0 amide bonds. The van der Waals surface area contributed by atoms with Crippen molar-refractivity contribution in [1.82, 2.24) is 0 Å². The van der Waals surface area contributed by atoms with E-state index in [1.807, 2.05) is 36.4 Å². The fourth-order valence-corrected chi connectivity index (χ4v) is 2.23. The zero-order valence-electron chi connectivity index (χ0n) is 11.6. The summed E-state index contributed by atoms with van der Waals surface area (Å²) < 4.78 is 30.1. The molecule has 2 aromatic rings. The minimum absolute atomic E-state index is 0.131. The third-order valence-corrected chi connectivity index (χ3v) is 3.31. The van der Waals surface area contributed by atoms with Crippen LogP contribution in [0.1, 0.15) is 17.4 Å². The van der Waals surface area contributed by atoms with E-state index in [-0.39, 0.29) is 18.2 Å². The van der Waals surface area contributed by atoms with Gasteiger partial charge in [0, 0.05) is 5.56 Å². The van der Waals surface area contributed by atoms with Crippen LogP contribution in [0, 0.1) is 5.82 Å². The summed E-state index contributed by atoms with van der Waals surface area (Å²) in [6.45, 7) is 1.29. The fourth-order valence-electron chi connectivity index (χ4n) is 2.23. The van der Waals surface area contributed by atoms with Crippen LogP contribution >= 0.6 is 0 Å². The molecule has 0 radical (unpaired) electrons. The Kier molecular flexibility index (Phi) is 4.60. The second-order valence-corrected chi connectivity index (χ2v) is 4.97. The number of benzene rings is 2. The standard InChI is InChI=1S/C17H17FO3/c18-15-8-4-5-13(9-15)10-19-16-11-20-17(21-12-16)14-6-2-1-3-7-14/h1-9,16-17H,10-12H2/t16-,17+. The van der Waals surface area contributed by atoms with Crippen molar-refractivity contribution in [2.75, 3.05) is 13.2 Å². The van der Waals surface area contributed by atoms with E-state index in [1.165, 1.54) is 12.1 Å². The maximum absolute atomic E-state index is 13.1. The summed E-state index contributed by atoms with van der Waals surface area (Å²) >= 11 is 0. The first-order valence-electron chi connectivity index (χ1n) is 6.95. The third kappa shape index (κ3) is 3.88. The maximum atomic E-state index is 13.1. The number of ether oxygens (including phenoxy) is 3. The molecule has 2 aromatic carbocycles. The molecule has 3 nitrogen and oxygen atoms in total. The lowest BCUT2D eigenvalue weighted by Gasteiger charge is -2.29. The van der Waals surface area contributed by atoms with Crippen LogP contribution in [0.5, 0.6) is 0 Å². The molecule has 1 heterocycles. The van der Waals surface area contributed by atoms with E-state index < -0.39 is 0 Å². The van der Waals surface area contributed by atoms with E-state index in [0.717, 1.165) is 11.1 Å². The van der Waals surface area contributed by atoms with Gasteiger partial charge in [0.15, 0.2) is 6.29 Å². The van der Waals surface area contributed by atoms with Gasteiger partial charge in [-0.25, -0.2) is 4.39 Å². The van der Waals surface area contributed by atoms with Gasteiger partial charge in [0.1, 0.15) is 11.9 Å². The largest absolute Gasteiger partial charge is 0.369 e. The summed E-state index contributed by atoms with van der Waals surface area (Å²) in [4.78, 5) is 0. The van der Waals surface area contributed by atoms with Gasteiger partial charge in [-0.3, -0.25) is 0 Å². The Morgan fingerprint density at radius 3 is 2.48 bits per heavy atom. The topological polar surface area (TPSA) is 27.7 Å². The molecule has 4 heteroatoms. The van der Waals surface area contributed by atoms with Crippen molar-refractivity contribution in [2.45, 2.75) is 19.0 Å². The Balaban J connectivity index is 1.48. The Bertz CT molecular complexity index is 565. The Labute approximate surface area is 123 Å². The predicted molar refractivity (Wildman–Crippen MR) is 76.1 cm³/mol. The molecule has 0 aliphatic carbocycles. The summed E-state index contributed by atoms with van der Waals surface area (Å²) in [6, 6.07) is 16.2. The number of rotatable bonds is 4. The Hall–Kier alpha value is -1.75. The second kappa shape index (κ2) is 6.80. The van der Waals surface area contributed by atoms with Gasteiger partial charge >= 0.3 is 0 Å². The van der Waals surface area contributed by atoms with Crippen molar-refractivity contribution < 1.29 is 18.6 Å². The molecule has 21 heavy (non-hydrogen) atoms. The SMILES string of the molecule is Fc1cccc(CO[C@H]2CO[C@@H](c3ccccc3)OC2)c1. The monoisotopic (exact) mass is 288 g/mol. The predicted octanol–water partition coefficient (Wildman–Crippen LogP) is 3.46. The van der Waals surface area contributed by atoms with Gasteiger partial charge in [-0.15, -0.1) is 0 Å². The second-order valence-electron chi connectivity index (χ2n) is 4.97. The van der Waals surface area contributed by atoms with Gasteiger partial charge in [0.05, 0.1) is 19.8 Å². The fraction of sp³-hybridized carbons (Fsp3) is 0.294. The van der Waals surface area contributed by atoms with Gasteiger partial charge in [0.2, 0.25) is 0 Å². The summed E-state index contributed by atoms with van der Waals surface area (Å²) in [5, 5.41) is 0. The van der Waals surface area contributed by atoms with Gasteiger partial charge in [0.25, 0.3) is 0 Å². The van der Waals surface area contributed by atoms with E-state index in [9.17, 15) is 4.39 Å². The molecule has 1 aliphatic heterocycles. The molecule has 0 aromatic heterocycles. The molecule has 0 bridgehead atoms. The molecular formula is C17H17FO3. The van der Waals surface area contributed by atoms with Crippen LogP contribution in [0.2, 0.25) is 0 Å². The molecule has 0 saturated carbocycles. The van der Waals surface area contributed by atoms with Crippen LogP contribution in [-0.4, -0.2) is 19.3 Å². The van der Waals surface area contributed by atoms with Crippen molar-refractivity contribution in [3.05, 3.63) is 71.5 Å². The van der Waals surface area contributed by atoms with Crippen molar-refractivity contribution in [2.24, 2.45) is 0 Å². The first kappa shape index (κ1) is 14.2. The smallest absolute Gasteiger partial charge is 0.184 e. The summed E-state index contributed by atoms with van der Waals surface area (Å²) in [5.74, 6) is -0.253. The highest BCUT2D eigenvalue weighted by molar-refractivity contribution is 5.16. The van der Waals surface area contributed by atoms with Gasteiger partial charge in [-0.05, 0) is 17.7 Å². The molecule has 1 fully saturated rings. The minimum atomic E-state index is -0.333. The molecule has 0 unspecified atom stereocenters. The van der Waals surface area contributed by atoms with E-state index in [4.69, 9.17) is 14.2 Å². The zero-order chi connectivity index (χ0) is 14.5. The van der Waals surface area contributed by atoms with Crippen molar-refractivity contribution >= 4 is 0 Å². The third-order valence-electron chi connectivity index (χ3n) is 3.31. The Morgan fingerprint density at radius 2 is 1.76 bits per heavy atom. The van der Waals surface area contributed by atoms with E-state index in [0.29, 0.717) is 19.8 Å². The van der Waals surface area contributed by atoms with Crippen LogP contribution in [0.25, 0.3) is 0 Å². The van der Waals surface area contributed by atoms with Crippen molar-refractivity contribution in [3.8, 4) is 0 Å². The van der Waals surface area contributed by atoms with Crippen LogP contribution in [0.4, 0.5) is 4.39 Å². The minimum Gasteiger partial charge on any atom is -0.369 e. The van der Waals surface area contributed by atoms with Crippen LogP contribution < -0.4 is 0 Å². The molecule has 1 saturated heterocycles. The molecular weight excluding hydrogens is 271 g/mol. The summed E-state index contributed by atoms with van der Waals surface area (Å²) in [5.41, 5.74) is 1.81. The lowest BCUT2D eigenvalue weighted by atomic mass is 10.2. The highest BCUT2D eigenvalue weighted by Gasteiger charge is 2.23. The number of halogens is 1. The van der Waals surface area contributed by atoms with E-state index in [2.05, 4.69) is 0 Å². The lowest BCUT2D eigenvalue weighted by molar-refractivity contribution is -0.232. The molecule has 0 N–H and O–H groups in total. The first-order valence-corrected chi connectivity index (χ1v) is 6.95. The van der Waals surface area contributed by atoms with Gasteiger partial charge in [-0.2, -0.15) is 0 Å². The van der Waals surface area contributed by atoms with E-state index >= 15 is 0 Å². The van der Waals surface area contributed by atoms with Crippen LogP contribution in [0.15, 0.2) is 54.6 Å². The highest BCUT2D eigenvalue weighted by Crippen LogP contribution is 2.23. The number of hydrogen-bond acceptors (Lipinski definition) is 3. The van der Waals surface area contributed by atoms with E-state index in [1.54, 1.807) is 6.07 Å². The highest BCUT2D eigenvalue weighted by atomic mass is 19.1. The zero-order valence-corrected chi connectivity index (χ0v) is 11.6. The van der Waals surface area contributed by atoms with Crippen molar-refractivity contribution in [3.63, 3.8) is 0 Å². The first-order chi connectivity index (χ1) is 10.3. The van der Waals surface area contributed by atoms with Gasteiger partial charge in [-0.1, -0.05) is 42.5 Å². The molecule has 110 valence electrons. The van der Waals surface area contributed by atoms with Crippen molar-refractivity contribution in [1.29, 1.82) is 0 Å². The molecule has 0 spiro atoms. The van der Waals surface area contributed by atoms with Gasteiger partial charge < -0.3 is 14.2 Å². The molecule has 3 rings (SSSR count).